The van der Waals surface area contributed by atoms with Crippen LogP contribution in [0, 0.1) is 0 Å². The summed E-state index contributed by atoms with van der Waals surface area (Å²) in [6.07, 6.45) is 6.24. The summed E-state index contributed by atoms with van der Waals surface area (Å²) in [4.78, 5) is 4.60. The van der Waals surface area contributed by atoms with E-state index in [4.69, 9.17) is 16.3 Å². The summed E-state index contributed by atoms with van der Waals surface area (Å²) in [5, 5.41) is 0.625. The number of halogens is 1. The first-order valence-corrected chi connectivity index (χ1v) is 6.55. The molecule has 92 valence electrons. The minimum atomic E-state index is 0.415. The molecule has 0 N–H and O–H groups in total. The van der Waals surface area contributed by atoms with Crippen molar-refractivity contribution in [2.75, 3.05) is 7.11 Å². The molecular weight excluding hydrogens is 234 g/mol. The Morgan fingerprint density at radius 1 is 1.18 bits per heavy atom. The molecule has 2 nitrogen and oxygen atoms in total. The predicted molar refractivity (Wildman–Crippen MR) is 72.3 cm³/mol. The van der Waals surface area contributed by atoms with Crippen LogP contribution in [-0.2, 0) is 0 Å². The van der Waals surface area contributed by atoms with Crippen LogP contribution in [0.1, 0.15) is 37.7 Å². The lowest BCUT2D eigenvalue weighted by molar-refractivity contribution is 0.415. The Morgan fingerprint density at radius 2 is 1.82 bits per heavy atom. The standard InChI is InChI=1S/C14H18ClNO/c1-17-13-9-7-11(8-10-13)14(15)16-12-5-3-2-4-6-12/h7-10,12H,2-6H2,1H3/b16-14-. The van der Waals surface area contributed by atoms with Crippen LogP contribution < -0.4 is 4.74 Å². The molecule has 0 atom stereocenters. The van der Waals surface area contributed by atoms with Gasteiger partial charge in [0.2, 0.25) is 0 Å². The van der Waals surface area contributed by atoms with Crippen molar-refractivity contribution in [1.82, 2.24) is 0 Å². The SMILES string of the molecule is COc1ccc(/C(Cl)=N/C2CCCCC2)cc1. The van der Waals surface area contributed by atoms with E-state index in [1.807, 2.05) is 24.3 Å². The maximum atomic E-state index is 6.24. The highest BCUT2D eigenvalue weighted by atomic mass is 35.5. The second-order valence-electron chi connectivity index (χ2n) is 4.44. The number of hydrogen-bond acceptors (Lipinski definition) is 2. The molecule has 0 spiro atoms. The smallest absolute Gasteiger partial charge is 0.131 e. The second-order valence-corrected chi connectivity index (χ2v) is 4.80. The topological polar surface area (TPSA) is 21.6 Å². The van der Waals surface area contributed by atoms with Crippen LogP contribution in [0.4, 0.5) is 0 Å². The lowest BCUT2D eigenvalue weighted by atomic mass is 9.96. The summed E-state index contributed by atoms with van der Waals surface area (Å²) >= 11 is 6.24. The molecule has 17 heavy (non-hydrogen) atoms. The van der Waals surface area contributed by atoms with Gasteiger partial charge in [-0.15, -0.1) is 0 Å². The molecule has 0 bridgehead atoms. The molecule has 0 radical (unpaired) electrons. The van der Waals surface area contributed by atoms with Gasteiger partial charge < -0.3 is 4.74 Å². The number of rotatable bonds is 3. The molecule has 3 heteroatoms. The monoisotopic (exact) mass is 251 g/mol. The highest BCUT2D eigenvalue weighted by Gasteiger charge is 2.13. The largest absolute Gasteiger partial charge is 0.497 e. The van der Waals surface area contributed by atoms with Crippen molar-refractivity contribution in [3.05, 3.63) is 29.8 Å². The van der Waals surface area contributed by atoms with E-state index in [1.54, 1.807) is 7.11 Å². The third kappa shape index (κ3) is 3.47. The van der Waals surface area contributed by atoms with Gasteiger partial charge in [-0.1, -0.05) is 30.9 Å². The summed E-state index contributed by atoms with van der Waals surface area (Å²) in [6, 6.07) is 8.14. The summed E-state index contributed by atoms with van der Waals surface area (Å²) < 4.78 is 5.12. The van der Waals surface area contributed by atoms with Crippen LogP contribution in [0.3, 0.4) is 0 Å². The van der Waals surface area contributed by atoms with Crippen LogP contribution in [0.5, 0.6) is 5.75 Å². The van der Waals surface area contributed by atoms with E-state index < -0.39 is 0 Å². The third-order valence-electron chi connectivity index (χ3n) is 3.20. The number of benzene rings is 1. The van der Waals surface area contributed by atoms with E-state index in [1.165, 1.54) is 32.1 Å². The van der Waals surface area contributed by atoms with E-state index in [2.05, 4.69) is 4.99 Å². The molecule has 1 aromatic rings. The van der Waals surface area contributed by atoms with Gasteiger partial charge >= 0.3 is 0 Å². The van der Waals surface area contributed by atoms with E-state index >= 15 is 0 Å². The summed E-state index contributed by atoms with van der Waals surface area (Å²) in [5.41, 5.74) is 0.970. The predicted octanol–water partition coefficient (Wildman–Crippen LogP) is 4.01. The number of nitrogens with zero attached hydrogens (tertiary/aromatic N) is 1. The van der Waals surface area contributed by atoms with Crippen molar-refractivity contribution in [1.29, 1.82) is 0 Å². The van der Waals surface area contributed by atoms with Crippen LogP contribution in [0.15, 0.2) is 29.3 Å². The van der Waals surface area contributed by atoms with Gasteiger partial charge in [-0.3, -0.25) is 4.99 Å². The zero-order valence-electron chi connectivity index (χ0n) is 10.2. The molecule has 1 fully saturated rings. The number of hydrogen-bond donors (Lipinski definition) is 0. The van der Waals surface area contributed by atoms with Crippen molar-refractivity contribution in [2.45, 2.75) is 38.1 Å². The Balaban J connectivity index is 2.06. The molecule has 0 unspecified atom stereocenters. The van der Waals surface area contributed by atoms with Gasteiger partial charge in [0.05, 0.1) is 13.2 Å². The lowest BCUT2D eigenvalue weighted by Gasteiger charge is -2.17. The first-order chi connectivity index (χ1) is 8.29. The van der Waals surface area contributed by atoms with E-state index in [-0.39, 0.29) is 0 Å². The maximum absolute atomic E-state index is 6.24. The first-order valence-electron chi connectivity index (χ1n) is 6.17. The van der Waals surface area contributed by atoms with Gasteiger partial charge in [-0.05, 0) is 37.1 Å². The molecule has 1 aliphatic carbocycles. The molecule has 1 aliphatic rings. The van der Waals surface area contributed by atoms with Crippen molar-refractivity contribution in [3.63, 3.8) is 0 Å². The number of ether oxygens (including phenoxy) is 1. The van der Waals surface area contributed by atoms with E-state index in [0.29, 0.717) is 11.2 Å². The van der Waals surface area contributed by atoms with Crippen molar-refractivity contribution >= 4 is 16.8 Å². The Kier molecular flexibility index (Phi) is 4.43. The zero-order chi connectivity index (χ0) is 12.1. The van der Waals surface area contributed by atoms with Gasteiger partial charge in [0.15, 0.2) is 0 Å². The molecule has 1 aromatic carbocycles. The fourth-order valence-electron chi connectivity index (χ4n) is 2.17. The lowest BCUT2D eigenvalue weighted by Crippen LogP contribution is -2.11. The molecule has 0 amide bonds. The number of methoxy groups -OCH3 is 1. The third-order valence-corrected chi connectivity index (χ3v) is 3.51. The molecule has 2 rings (SSSR count). The van der Waals surface area contributed by atoms with Gasteiger partial charge in [0.25, 0.3) is 0 Å². The minimum absolute atomic E-state index is 0.415. The zero-order valence-corrected chi connectivity index (χ0v) is 10.9. The fraction of sp³-hybridized carbons (Fsp3) is 0.500. The summed E-state index contributed by atoms with van der Waals surface area (Å²) in [7, 11) is 1.66. The van der Waals surface area contributed by atoms with Gasteiger partial charge in [-0.2, -0.15) is 0 Å². The Morgan fingerprint density at radius 3 is 2.41 bits per heavy atom. The van der Waals surface area contributed by atoms with Gasteiger partial charge in [0, 0.05) is 5.56 Å². The van der Waals surface area contributed by atoms with Gasteiger partial charge in [0.1, 0.15) is 10.9 Å². The van der Waals surface area contributed by atoms with Crippen LogP contribution in [0.25, 0.3) is 0 Å². The molecule has 0 saturated heterocycles. The highest BCUT2D eigenvalue weighted by molar-refractivity contribution is 6.69. The minimum Gasteiger partial charge on any atom is -0.497 e. The van der Waals surface area contributed by atoms with Gasteiger partial charge in [-0.25, -0.2) is 0 Å². The fourth-order valence-corrected chi connectivity index (χ4v) is 2.44. The normalized spacial score (nSPS) is 18.1. The maximum Gasteiger partial charge on any atom is 0.131 e. The molecular formula is C14H18ClNO. The van der Waals surface area contributed by atoms with Crippen molar-refractivity contribution in [3.8, 4) is 5.75 Å². The molecule has 0 aliphatic heterocycles. The first kappa shape index (κ1) is 12.4. The van der Waals surface area contributed by atoms with E-state index in [9.17, 15) is 0 Å². The van der Waals surface area contributed by atoms with Crippen LogP contribution in [0.2, 0.25) is 0 Å². The highest BCUT2D eigenvalue weighted by Crippen LogP contribution is 2.22. The molecule has 0 aromatic heterocycles. The Bertz CT molecular complexity index is 380. The molecule has 0 heterocycles. The van der Waals surface area contributed by atoms with Crippen molar-refractivity contribution in [2.24, 2.45) is 4.99 Å². The molecule has 1 saturated carbocycles. The average Bonchev–Trinajstić information content (AvgIpc) is 2.40. The quantitative estimate of drug-likeness (QED) is 0.744. The van der Waals surface area contributed by atoms with Crippen LogP contribution >= 0.6 is 11.6 Å². The Labute approximate surface area is 108 Å². The average molecular weight is 252 g/mol. The Hall–Kier alpha value is -1.02. The summed E-state index contributed by atoms with van der Waals surface area (Å²) in [6.45, 7) is 0. The second kappa shape index (κ2) is 6.06. The number of aliphatic imine (C=N–C) groups is 1. The van der Waals surface area contributed by atoms with Crippen molar-refractivity contribution < 1.29 is 4.74 Å². The van der Waals surface area contributed by atoms with E-state index in [0.717, 1.165) is 11.3 Å². The van der Waals surface area contributed by atoms with Crippen LogP contribution in [-0.4, -0.2) is 18.3 Å². The summed E-state index contributed by atoms with van der Waals surface area (Å²) in [5.74, 6) is 0.843.